The molecule has 2 aliphatic heterocycles. The van der Waals surface area contributed by atoms with Crippen LogP contribution in [0.5, 0.6) is 11.5 Å². The first kappa shape index (κ1) is 27.2. The molecule has 0 bridgehead atoms. The summed E-state index contributed by atoms with van der Waals surface area (Å²) in [6.07, 6.45) is 0.360. The minimum Gasteiger partial charge on any atom is -0.493 e. The molecule has 2 amide bonds. The fourth-order valence-electron chi connectivity index (χ4n) is 3.97. The van der Waals surface area contributed by atoms with Gasteiger partial charge in [-0.2, -0.15) is 16.9 Å². The van der Waals surface area contributed by atoms with E-state index < -0.39 is 6.09 Å². The number of nitrogens with zero attached hydrogens (tertiary/aromatic N) is 3. The molecule has 2 aromatic carbocycles. The molecule has 0 saturated carbocycles. The lowest BCUT2D eigenvalue weighted by Crippen LogP contribution is -2.34. The molecule has 2 aliphatic rings. The quantitative estimate of drug-likeness (QED) is 0.428. The van der Waals surface area contributed by atoms with Gasteiger partial charge < -0.3 is 19.1 Å². The zero-order chi connectivity index (χ0) is 26.0. The number of amides is 2. The van der Waals surface area contributed by atoms with Crippen LogP contribution in [0.3, 0.4) is 0 Å². The number of methoxy groups -OCH3 is 2. The lowest BCUT2D eigenvalue weighted by atomic mass is 10.1. The van der Waals surface area contributed by atoms with E-state index in [1.165, 1.54) is 28.3 Å². The first-order valence-electron chi connectivity index (χ1n) is 12.1. The van der Waals surface area contributed by atoms with Crippen LogP contribution >= 0.6 is 23.5 Å². The maximum absolute atomic E-state index is 12.5. The molecule has 11 heteroatoms. The molecular weight excluding hydrogens is 512 g/mol. The van der Waals surface area contributed by atoms with Gasteiger partial charge in [0.05, 0.1) is 33.1 Å². The first-order chi connectivity index (χ1) is 18.1. The van der Waals surface area contributed by atoms with E-state index in [2.05, 4.69) is 15.3 Å². The maximum atomic E-state index is 12.5. The molecule has 37 heavy (non-hydrogen) atoms. The predicted molar refractivity (Wildman–Crippen MR) is 149 cm³/mol. The third-order valence-electron chi connectivity index (χ3n) is 5.99. The zero-order valence-electron chi connectivity index (χ0n) is 21.1. The van der Waals surface area contributed by atoms with E-state index in [-0.39, 0.29) is 5.24 Å². The van der Waals surface area contributed by atoms with Crippen LogP contribution in [0.2, 0.25) is 0 Å². The summed E-state index contributed by atoms with van der Waals surface area (Å²) in [5.41, 5.74) is 3.18. The summed E-state index contributed by atoms with van der Waals surface area (Å²) < 4.78 is 16.0. The second-order valence-electron chi connectivity index (χ2n) is 8.49. The Morgan fingerprint density at radius 1 is 1.05 bits per heavy atom. The molecule has 2 aromatic rings. The molecule has 0 radical (unpaired) electrons. The van der Waals surface area contributed by atoms with Crippen LogP contribution in [-0.2, 0) is 11.3 Å². The fraction of sp³-hybridized carbons (Fsp3) is 0.423. The number of hydrogen-bond donors (Lipinski definition) is 1. The number of hydrazone groups is 1. The van der Waals surface area contributed by atoms with Gasteiger partial charge in [-0.25, -0.2) is 9.80 Å². The highest BCUT2D eigenvalue weighted by Crippen LogP contribution is 2.30. The molecule has 0 aromatic heterocycles. The summed E-state index contributed by atoms with van der Waals surface area (Å²) >= 11 is 3.19. The van der Waals surface area contributed by atoms with Crippen molar-refractivity contribution in [3.05, 3.63) is 53.6 Å². The SMILES string of the molecule is COc1ccc(C2=NN(Cc3ccc(NC(=O)OCCCN4CCSCC4)cc3)C(=O)SC2)cc1OC. The van der Waals surface area contributed by atoms with Gasteiger partial charge >= 0.3 is 11.3 Å². The van der Waals surface area contributed by atoms with Crippen LogP contribution in [0.25, 0.3) is 0 Å². The molecule has 2 heterocycles. The lowest BCUT2D eigenvalue weighted by molar-refractivity contribution is 0.153. The van der Waals surface area contributed by atoms with Crippen molar-refractivity contribution in [2.45, 2.75) is 13.0 Å². The summed E-state index contributed by atoms with van der Waals surface area (Å²) in [7, 11) is 3.18. The van der Waals surface area contributed by atoms with E-state index in [1.807, 2.05) is 42.1 Å². The molecule has 1 N–H and O–H groups in total. The second kappa shape index (κ2) is 13.6. The molecule has 4 rings (SSSR count). The predicted octanol–water partition coefficient (Wildman–Crippen LogP) is 4.76. The average Bonchev–Trinajstić information content (AvgIpc) is 2.93. The van der Waals surface area contributed by atoms with Gasteiger partial charge in [0.2, 0.25) is 0 Å². The lowest BCUT2D eigenvalue weighted by Gasteiger charge is -2.25. The van der Waals surface area contributed by atoms with Crippen molar-refractivity contribution >= 4 is 46.3 Å². The number of carbonyl (C=O) groups excluding carboxylic acids is 2. The Labute approximate surface area is 225 Å². The van der Waals surface area contributed by atoms with E-state index in [0.29, 0.717) is 36.1 Å². The van der Waals surface area contributed by atoms with Gasteiger partial charge in [0.15, 0.2) is 11.5 Å². The summed E-state index contributed by atoms with van der Waals surface area (Å²) in [6.45, 7) is 3.87. The van der Waals surface area contributed by atoms with Gasteiger partial charge in [-0.1, -0.05) is 23.9 Å². The highest BCUT2D eigenvalue weighted by molar-refractivity contribution is 8.14. The monoisotopic (exact) mass is 544 g/mol. The summed E-state index contributed by atoms with van der Waals surface area (Å²) in [5, 5.41) is 8.69. The molecule has 0 aliphatic carbocycles. The fourth-order valence-corrected chi connectivity index (χ4v) is 5.69. The normalized spacial score (nSPS) is 16.2. The Bertz CT molecular complexity index is 1110. The molecule has 0 unspecified atom stereocenters. The van der Waals surface area contributed by atoms with Crippen LogP contribution < -0.4 is 14.8 Å². The number of ether oxygens (including phenoxy) is 3. The van der Waals surface area contributed by atoms with E-state index in [4.69, 9.17) is 14.2 Å². The van der Waals surface area contributed by atoms with Crippen molar-refractivity contribution in [3.8, 4) is 11.5 Å². The average molecular weight is 545 g/mol. The van der Waals surface area contributed by atoms with Crippen molar-refractivity contribution in [2.24, 2.45) is 5.10 Å². The highest BCUT2D eigenvalue weighted by Gasteiger charge is 2.23. The van der Waals surface area contributed by atoms with Gasteiger partial charge in [-0.15, -0.1) is 0 Å². The Balaban J connectivity index is 1.28. The molecule has 1 fully saturated rings. The summed E-state index contributed by atoms with van der Waals surface area (Å²) in [6, 6.07) is 12.9. The van der Waals surface area contributed by atoms with E-state index in [9.17, 15) is 9.59 Å². The molecule has 1 saturated heterocycles. The summed E-state index contributed by atoms with van der Waals surface area (Å²) in [5.74, 6) is 4.07. The number of benzene rings is 2. The van der Waals surface area contributed by atoms with E-state index in [1.54, 1.807) is 26.4 Å². The van der Waals surface area contributed by atoms with E-state index >= 15 is 0 Å². The minimum absolute atomic E-state index is 0.113. The van der Waals surface area contributed by atoms with Crippen LogP contribution in [0.15, 0.2) is 47.6 Å². The molecular formula is C26H32N4O5S2. The molecule has 9 nitrogen and oxygen atoms in total. The van der Waals surface area contributed by atoms with Gasteiger partial charge in [0.1, 0.15) is 0 Å². The van der Waals surface area contributed by atoms with Crippen LogP contribution in [0, 0.1) is 0 Å². The van der Waals surface area contributed by atoms with Crippen LogP contribution in [-0.4, -0.2) is 84.7 Å². The van der Waals surface area contributed by atoms with Crippen molar-refractivity contribution < 1.29 is 23.8 Å². The van der Waals surface area contributed by atoms with Crippen molar-refractivity contribution in [2.75, 3.05) is 63.0 Å². The molecule has 0 spiro atoms. The Kier molecular flexibility index (Phi) is 9.98. The largest absolute Gasteiger partial charge is 0.493 e. The third kappa shape index (κ3) is 7.80. The molecule has 198 valence electrons. The van der Waals surface area contributed by atoms with Gasteiger partial charge in [-0.3, -0.25) is 10.1 Å². The third-order valence-corrected chi connectivity index (χ3v) is 7.81. The Hall–Kier alpha value is -2.89. The number of rotatable bonds is 10. The summed E-state index contributed by atoms with van der Waals surface area (Å²) in [4.78, 5) is 27.0. The minimum atomic E-state index is -0.464. The van der Waals surface area contributed by atoms with Gasteiger partial charge in [-0.05, 0) is 42.3 Å². The van der Waals surface area contributed by atoms with Crippen molar-refractivity contribution in [1.82, 2.24) is 9.91 Å². The van der Waals surface area contributed by atoms with Crippen molar-refractivity contribution in [1.29, 1.82) is 0 Å². The zero-order valence-corrected chi connectivity index (χ0v) is 22.7. The van der Waals surface area contributed by atoms with Crippen LogP contribution in [0.4, 0.5) is 15.3 Å². The number of hydrogen-bond acceptors (Lipinski definition) is 9. The number of carbonyl (C=O) groups is 2. The second-order valence-corrected chi connectivity index (χ2v) is 10.6. The highest BCUT2D eigenvalue weighted by atomic mass is 32.2. The maximum Gasteiger partial charge on any atom is 0.411 e. The first-order valence-corrected chi connectivity index (χ1v) is 14.3. The Morgan fingerprint density at radius 3 is 2.54 bits per heavy atom. The molecule has 0 atom stereocenters. The Morgan fingerprint density at radius 2 is 1.81 bits per heavy atom. The number of nitrogens with one attached hydrogen (secondary N) is 1. The number of anilines is 1. The smallest absolute Gasteiger partial charge is 0.411 e. The van der Waals surface area contributed by atoms with Crippen molar-refractivity contribution in [3.63, 3.8) is 0 Å². The van der Waals surface area contributed by atoms with Crippen LogP contribution in [0.1, 0.15) is 17.5 Å². The van der Waals surface area contributed by atoms with Gasteiger partial charge in [0, 0.05) is 48.1 Å². The topological polar surface area (TPSA) is 92.7 Å². The van der Waals surface area contributed by atoms with Gasteiger partial charge in [0.25, 0.3) is 0 Å². The standard InChI is InChI=1S/C26H32N4O5S2/c1-33-23-9-6-20(16-24(23)34-2)22-18-37-26(32)30(28-22)17-19-4-7-21(8-5-19)27-25(31)35-13-3-10-29-11-14-36-15-12-29/h4-9,16H,3,10-15,17-18H2,1-2H3,(H,27,31). The van der Waals surface area contributed by atoms with E-state index in [0.717, 1.165) is 42.9 Å². The number of thioether (sulfide) groups is 2.